The van der Waals surface area contributed by atoms with Gasteiger partial charge in [0.2, 0.25) is 5.13 Å². The lowest BCUT2D eigenvalue weighted by atomic mass is 10.4. The molecule has 2 N–H and O–H groups in total. The first-order valence-electron chi connectivity index (χ1n) is 4.93. The lowest BCUT2D eigenvalue weighted by Gasteiger charge is -1.95. The van der Waals surface area contributed by atoms with E-state index in [0.29, 0.717) is 10.7 Å². The SMILES string of the molecule is CCCNc1nnc(-c2ccc(=O)[nH]n2)s1. The van der Waals surface area contributed by atoms with Crippen LogP contribution in [0.1, 0.15) is 13.3 Å². The molecule has 0 saturated heterocycles. The predicted molar refractivity (Wildman–Crippen MR) is 62.5 cm³/mol. The predicted octanol–water partition coefficient (Wildman–Crippen LogP) is 1.11. The quantitative estimate of drug-likeness (QED) is 0.832. The number of anilines is 1. The standard InChI is InChI=1S/C9H11N5OS/c1-2-5-10-9-14-13-8(16-9)6-3-4-7(15)12-11-6/h3-4H,2,5H2,1H3,(H,10,14)(H,12,15). The normalized spacial score (nSPS) is 10.3. The highest BCUT2D eigenvalue weighted by Crippen LogP contribution is 2.23. The van der Waals surface area contributed by atoms with E-state index < -0.39 is 0 Å². The third-order valence-electron chi connectivity index (χ3n) is 1.85. The van der Waals surface area contributed by atoms with Crippen LogP contribution in [0.25, 0.3) is 10.7 Å². The van der Waals surface area contributed by atoms with Gasteiger partial charge >= 0.3 is 0 Å². The van der Waals surface area contributed by atoms with Gasteiger partial charge in [0.15, 0.2) is 5.01 Å². The van der Waals surface area contributed by atoms with Crippen molar-refractivity contribution in [3.8, 4) is 10.7 Å². The van der Waals surface area contributed by atoms with Crippen molar-refractivity contribution in [1.82, 2.24) is 20.4 Å². The summed E-state index contributed by atoms with van der Waals surface area (Å²) < 4.78 is 0. The number of nitrogens with one attached hydrogen (secondary N) is 2. The van der Waals surface area contributed by atoms with Crippen LogP contribution >= 0.6 is 11.3 Å². The molecule has 6 nitrogen and oxygen atoms in total. The Bertz CT molecular complexity index is 500. The number of aromatic nitrogens is 4. The van der Waals surface area contributed by atoms with Gasteiger partial charge in [-0.05, 0) is 12.5 Å². The van der Waals surface area contributed by atoms with Crippen LogP contribution in [0.4, 0.5) is 5.13 Å². The van der Waals surface area contributed by atoms with Gasteiger partial charge in [0.05, 0.1) is 0 Å². The monoisotopic (exact) mass is 237 g/mol. The maximum Gasteiger partial charge on any atom is 0.264 e. The van der Waals surface area contributed by atoms with Gasteiger partial charge < -0.3 is 5.32 Å². The van der Waals surface area contributed by atoms with Crippen molar-refractivity contribution in [2.24, 2.45) is 0 Å². The first kappa shape index (κ1) is 10.7. The van der Waals surface area contributed by atoms with Gasteiger partial charge in [-0.25, -0.2) is 5.10 Å². The van der Waals surface area contributed by atoms with Crippen LogP contribution < -0.4 is 10.9 Å². The zero-order valence-electron chi connectivity index (χ0n) is 8.73. The number of aromatic amines is 1. The first-order valence-corrected chi connectivity index (χ1v) is 5.74. The van der Waals surface area contributed by atoms with Crippen LogP contribution in [-0.4, -0.2) is 26.9 Å². The molecular formula is C9H11N5OS. The lowest BCUT2D eigenvalue weighted by molar-refractivity contribution is 0.959. The summed E-state index contributed by atoms with van der Waals surface area (Å²) in [6.45, 7) is 2.95. The number of H-pyrrole nitrogens is 1. The summed E-state index contributed by atoms with van der Waals surface area (Å²) in [6.07, 6.45) is 1.03. The van der Waals surface area contributed by atoms with E-state index in [9.17, 15) is 4.79 Å². The topological polar surface area (TPSA) is 83.6 Å². The average Bonchev–Trinajstić information content (AvgIpc) is 2.76. The van der Waals surface area contributed by atoms with Crippen molar-refractivity contribution in [2.75, 3.05) is 11.9 Å². The Kier molecular flexibility index (Phi) is 3.25. The molecule has 7 heteroatoms. The largest absolute Gasteiger partial charge is 0.360 e. The molecule has 0 aliphatic carbocycles. The lowest BCUT2D eigenvalue weighted by Crippen LogP contribution is -2.05. The number of hydrogen-bond acceptors (Lipinski definition) is 6. The molecule has 84 valence electrons. The minimum atomic E-state index is -0.224. The van der Waals surface area contributed by atoms with Gasteiger partial charge in [-0.2, -0.15) is 5.10 Å². The molecule has 0 atom stereocenters. The van der Waals surface area contributed by atoms with E-state index >= 15 is 0 Å². The Morgan fingerprint density at radius 3 is 3.00 bits per heavy atom. The van der Waals surface area contributed by atoms with E-state index in [1.165, 1.54) is 17.4 Å². The average molecular weight is 237 g/mol. The Balaban J connectivity index is 2.18. The second kappa shape index (κ2) is 4.84. The molecule has 2 aromatic heterocycles. The molecule has 0 aromatic carbocycles. The molecule has 0 aliphatic heterocycles. The Labute approximate surface area is 95.8 Å². The summed E-state index contributed by atoms with van der Waals surface area (Å²) in [4.78, 5) is 10.8. The van der Waals surface area contributed by atoms with E-state index in [1.807, 2.05) is 0 Å². The van der Waals surface area contributed by atoms with Crippen molar-refractivity contribution in [1.29, 1.82) is 0 Å². The Morgan fingerprint density at radius 2 is 2.31 bits per heavy atom. The summed E-state index contributed by atoms with van der Waals surface area (Å²) in [5.74, 6) is 0. The molecule has 2 heterocycles. The fraction of sp³-hybridized carbons (Fsp3) is 0.333. The van der Waals surface area contributed by atoms with Crippen LogP contribution in [0.3, 0.4) is 0 Å². The Morgan fingerprint density at radius 1 is 1.44 bits per heavy atom. The van der Waals surface area contributed by atoms with Crippen LogP contribution in [0.2, 0.25) is 0 Å². The van der Waals surface area contributed by atoms with Gasteiger partial charge in [0.1, 0.15) is 5.69 Å². The van der Waals surface area contributed by atoms with Gasteiger partial charge in [-0.15, -0.1) is 10.2 Å². The van der Waals surface area contributed by atoms with E-state index in [1.54, 1.807) is 6.07 Å². The smallest absolute Gasteiger partial charge is 0.264 e. The van der Waals surface area contributed by atoms with Crippen molar-refractivity contribution >= 4 is 16.5 Å². The number of nitrogens with zero attached hydrogens (tertiary/aromatic N) is 3. The second-order valence-corrected chi connectivity index (χ2v) is 4.12. The van der Waals surface area contributed by atoms with E-state index in [0.717, 1.165) is 18.1 Å². The molecule has 0 saturated carbocycles. The second-order valence-electron chi connectivity index (χ2n) is 3.15. The molecule has 0 spiro atoms. The summed E-state index contributed by atoms with van der Waals surface area (Å²) >= 11 is 1.41. The molecule has 2 aromatic rings. The van der Waals surface area contributed by atoms with E-state index in [2.05, 4.69) is 32.6 Å². The third-order valence-corrected chi connectivity index (χ3v) is 2.75. The highest BCUT2D eigenvalue weighted by Gasteiger charge is 2.07. The van der Waals surface area contributed by atoms with Gasteiger partial charge in [-0.1, -0.05) is 18.3 Å². The first-order chi connectivity index (χ1) is 7.79. The maximum absolute atomic E-state index is 10.8. The molecule has 2 rings (SSSR count). The molecule has 0 amide bonds. The molecule has 0 radical (unpaired) electrons. The van der Waals surface area contributed by atoms with Crippen LogP contribution in [-0.2, 0) is 0 Å². The highest BCUT2D eigenvalue weighted by molar-refractivity contribution is 7.18. The van der Waals surface area contributed by atoms with Crippen molar-refractivity contribution in [2.45, 2.75) is 13.3 Å². The van der Waals surface area contributed by atoms with Crippen LogP contribution in [0, 0.1) is 0 Å². The van der Waals surface area contributed by atoms with Gasteiger partial charge in [0.25, 0.3) is 5.56 Å². The van der Waals surface area contributed by atoms with E-state index in [-0.39, 0.29) is 5.56 Å². The zero-order chi connectivity index (χ0) is 11.4. The Hall–Kier alpha value is -1.76. The molecule has 0 unspecified atom stereocenters. The zero-order valence-corrected chi connectivity index (χ0v) is 9.54. The molecular weight excluding hydrogens is 226 g/mol. The summed E-state index contributed by atoms with van der Waals surface area (Å²) in [7, 11) is 0. The van der Waals surface area contributed by atoms with Crippen molar-refractivity contribution < 1.29 is 0 Å². The summed E-state index contributed by atoms with van der Waals surface area (Å²) in [5.41, 5.74) is 0.402. The molecule has 0 bridgehead atoms. The minimum Gasteiger partial charge on any atom is -0.360 e. The maximum atomic E-state index is 10.8. The summed E-state index contributed by atoms with van der Waals surface area (Å²) in [5, 5.41) is 18.8. The minimum absolute atomic E-state index is 0.224. The summed E-state index contributed by atoms with van der Waals surface area (Å²) in [6, 6.07) is 3.05. The molecule has 0 aliphatic rings. The fourth-order valence-electron chi connectivity index (χ4n) is 1.09. The highest BCUT2D eigenvalue weighted by atomic mass is 32.1. The molecule has 16 heavy (non-hydrogen) atoms. The fourth-order valence-corrected chi connectivity index (χ4v) is 1.83. The van der Waals surface area contributed by atoms with Crippen molar-refractivity contribution in [3.05, 3.63) is 22.5 Å². The van der Waals surface area contributed by atoms with Crippen LogP contribution in [0.5, 0.6) is 0 Å². The number of hydrogen-bond donors (Lipinski definition) is 2. The number of rotatable bonds is 4. The van der Waals surface area contributed by atoms with Crippen molar-refractivity contribution in [3.63, 3.8) is 0 Å². The van der Waals surface area contributed by atoms with Crippen LogP contribution in [0.15, 0.2) is 16.9 Å². The van der Waals surface area contributed by atoms with E-state index in [4.69, 9.17) is 0 Å². The van der Waals surface area contributed by atoms with Gasteiger partial charge in [0, 0.05) is 12.6 Å². The van der Waals surface area contributed by atoms with Gasteiger partial charge in [-0.3, -0.25) is 4.79 Å². The third kappa shape index (κ3) is 2.43. The molecule has 0 fully saturated rings.